The van der Waals surface area contributed by atoms with Gasteiger partial charge in [0.2, 0.25) is 5.91 Å². The first-order valence-corrected chi connectivity index (χ1v) is 7.17. The van der Waals surface area contributed by atoms with Crippen LogP contribution in [0.15, 0.2) is 18.2 Å². The van der Waals surface area contributed by atoms with Crippen LogP contribution in [0.2, 0.25) is 0 Å². The number of benzene rings is 1. The van der Waals surface area contributed by atoms with Crippen LogP contribution in [0.5, 0.6) is 5.75 Å². The van der Waals surface area contributed by atoms with Gasteiger partial charge in [-0.2, -0.15) is 0 Å². The van der Waals surface area contributed by atoms with Gasteiger partial charge in [-0.25, -0.2) is 0 Å². The number of rotatable bonds is 1. The lowest BCUT2D eigenvalue weighted by molar-refractivity contribution is -0.116. The number of amides is 1. The van der Waals surface area contributed by atoms with Gasteiger partial charge in [0.15, 0.2) is 0 Å². The molecule has 1 amide bonds. The number of hydrogen-bond donors (Lipinski definition) is 0. The summed E-state index contributed by atoms with van der Waals surface area (Å²) in [5.41, 5.74) is 2.24. The van der Waals surface area contributed by atoms with Crippen LogP contribution >= 0.6 is 15.9 Å². The van der Waals surface area contributed by atoms with Crippen LogP contribution in [-0.2, 0) is 4.79 Å². The number of carbonyl (C=O) groups is 1. The molecule has 0 N–H and O–H groups in total. The fourth-order valence-electron chi connectivity index (χ4n) is 3.39. The van der Waals surface area contributed by atoms with Crippen LogP contribution in [0.1, 0.15) is 31.2 Å². The first-order valence-electron chi connectivity index (χ1n) is 6.26. The van der Waals surface area contributed by atoms with E-state index in [-0.39, 0.29) is 11.9 Å². The van der Waals surface area contributed by atoms with Crippen LogP contribution in [0, 0.1) is 0 Å². The Morgan fingerprint density at radius 3 is 2.89 bits per heavy atom. The minimum absolute atomic E-state index is 0.0969. The van der Waals surface area contributed by atoms with Crippen LogP contribution in [0.4, 0.5) is 5.69 Å². The van der Waals surface area contributed by atoms with Crippen molar-refractivity contribution < 1.29 is 9.53 Å². The van der Waals surface area contributed by atoms with E-state index in [1.165, 1.54) is 5.56 Å². The van der Waals surface area contributed by atoms with Gasteiger partial charge in [0, 0.05) is 17.7 Å². The third kappa shape index (κ3) is 1.51. The molecular formula is C14H16BrNO2. The maximum absolute atomic E-state index is 12.0. The topological polar surface area (TPSA) is 29.5 Å². The van der Waals surface area contributed by atoms with Gasteiger partial charge in [0.1, 0.15) is 5.75 Å². The zero-order valence-corrected chi connectivity index (χ0v) is 12.1. The molecule has 0 spiro atoms. The van der Waals surface area contributed by atoms with E-state index in [9.17, 15) is 4.79 Å². The molecule has 3 atom stereocenters. The van der Waals surface area contributed by atoms with E-state index in [0.29, 0.717) is 10.7 Å². The summed E-state index contributed by atoms with van der Waals surface area (Å²) in [6.07, 6.45) is 2.25. The molecule has 96 valence electrons. The second-order valence-electron chi connectivity index (χ2n) is 4.98. The molecule has 3 unspecified atom stereocenters. The van der Waals surface area contributed by atoms with Gasteiger partial charge < -0.3 is 9.64 Å². The molecule has 1 aliphatic carbocycles. The second-order valence-corrected chi connectivity index (χ2v) is 6.15. The predicted molar refractivity (Wildman–Crippen MR) is 74.6 cm³/mol. The van der Waals surface area contributed by atoms with Gasteiger partial charge in [-0.1, -0.05) is 28.1 Å². The fourth-order valence-corrected chi connectivity index (χ4v) is 4.26. The zero-order valence-electron chi connectivity index (χ0n) is 10.5. The van der Waals surface area contributed by atoms with Crippen molar-refractivity contribution in [2.24, 2.45) is 0 Å². The normalized spacial score (nSPS) is 29.1. The summed E-state index contributed by atoms with van der Waals surface area (Å²) < 4.78 is 5.43. The van der Waals surface area contributed by atoms with E-state index in [4.69, 9.17) is 4.74 Å². The molecule has 0 radical (unpaired) electrons. The molecule has 0 bridgehead atoms. The Morgan fingerprint density at radius 2 is 2.22 bits per heavy atom. The summed E-state index contributed by atoms with van der Waals surface area (Å²) in [6.45, 7) is 1.64. The number of ether oxygens (including phenoxy) is 1. The summed E-state index contributed by atoms with van der Waals surface area (Å²) in [7, 11) is 1.66. The van der Waals surface area contributed by atoms with Crippen LogP contribution in [0.3, 0.4) is 0 Å². The Morgan fingerprint density at radius 1 is 1.44 bits per heavy atom. The summed E-state index contributed by atoms with van der Waals surface area (Å²) >= 11 is 3.72. The van der Waals surface area contributed by atoms with Crippen molar-refractivity contribution >= 4 is 27.5 Å². The molecule has 1 saturated carbocycles. The first-order chi connectivity index (χ1) is 8.65. The average molecular weight is 310 g/mol. The van der Waals surface area contributed by atoms with Crippen molar-refractivity contribution in [3.63, 3.8) is 0 Å². The largest absolute Gasteiger partial charge is 0.495 e. The standard InChI is InChI=1S/C14H16BrNO2/c1-8(17)16-13-10(6-7-11(13)15)9-4-3-5-12(18-2)14(9)16/h3-5,10-11,13H,6-7H2,1-2H3. The maximum Gasteiger partial charge on any atom is 0.224 e. The van der Waals surface area contributed by atoms with Gasteiger partial charge in [-0.3, -0.25) is 4.79 Å². The minimum atomic E-state index is 0.0969. The molecule has 1 heterocycles. The lowest BCUT2D eigenvalue weighted by Crippen LogP contribution is -2.40. The molecule has 0 saturated heterocycles. The van der Waals surface area contributed by atoms with E-state index >= 15 is 0 Å². The zero-order chi connectivity index (χ0) is 12.9. The van der Waals surface area contributed by atoms with Crippen molar-refractivity contribution in [1.29, 1.82) is 0 Å². The number of nitrogens with zero attached hydrogens (tertiary/aromatic N) is 1. The van der Waals surface area contributed by atoms with E-state index in [0.717, 1.165) is 24.3 Å². The molecule has 1 fully saturated rings. The minimum Gasteiger partial charge on any atom is -0.495 e. The molecule has 2 aliphatic rings. The maximum atomic E-state index is 12.0. The van der Waals surface area contributed by atoms with Crippen LogP contribution in [0.25, 0.3) is 0 Å². The molecular weight excluding hydrogens is 294 g/mol. The van der Waals surface area contributed by atoms with Gasteiger partial charge in [0.05, 0.1) is 18.8 Å². The van der Waals surface area contributed by atoms with Gasteiger partial charge in [-0.05, 0) is 24.5 Å². The highest BCUT2D eigenvalue weighted by molar-refractivity contribution is 9.09. The van der Waals surface area contributed by atoms with Crippen molar-refractivity contribution in [3.05, 3.63) is 23.8 Å². The van der Waals surface area contributed by atoms with E-state index in [1.54, 1.807) is 14.0 Å². The lowest BCUT2D eigenvalue weighted by atomic mass is 9.97. The highest BCUT2D eigenvalue weighted by Gasteiger charge is 2.48. The third-order valence-corrected chi connectivity index (χ3v) is 5.06. The number of hydrogen-bond acceptors (Lipinski definition) is 2. The number of anilines is 1. The highest BCUT2D eigenvalue weighted by Crippen LogP contribution is 2.54. The summed E-state index contributed by atoms with van der Waals surface area (Å²) in [6, 6.07) is 6.32. The monoisotopic (exact) mass is 309 g/mol. The van der Waals surface area contributed by atoms with Crippen LogP contribution in [-0.4, -0.2) is 23.9 Å². The van der Waals surface area contributed by atoms with E-state index < -0.39 is 0 Å². The smallest absolute Gasteiger partial charge is 0.224 e. The highest BCUT2D eigenvalue weighted by atomic mass is 79.9. The van der Waals surface area contributed by atoms with Crippen LogP contribution < -0.4 is 9.64 Å². The van der Waals surface area contributed by atoms with Gasteiger partial charge >= 0.3 is 0 Å². The molecule has 1 aliphatic heterocycles. The second kappa shape index (κ2) is 4.26. The molecule has 18 heavy (non-hydrogen) atoms. The number of carbonyl (C=O) groups excluding carboxylic acids is 1. The Kier molecular flexibility index (Phi) is 2.85. The molecule has 1 aromatic carbocycles. The molecule has 3 nitrogen and oxygen atoms in total. The van der Waals surface area contributed by atoms with Gasteiger partial charge in [0.25, 0.3) is 0 Å². The number of fused-ring (bicyclic) bond motifs is 3. The lowest BCUT2D eigenvalue weighted by Gasteiger charge is -2.27. The van der Waals surface area contributed by atoms with Gasteiger partial charge in [-0.15, -0.1) is 0 Å². The summed E-state index contributed by atoms with van der Waals surface area (Å²) in [4.78, 5) is 14.3. The Hall–Kier alpha value is -1.03. The van der Waals surface area contributed by atoms with E-state index in [2.05, 4.69) is 22.0 Å². The van der Waals surface area contributed by atoms with Crippen molar-refractivity contribution in [2.45, 2.75) is 36.6 Å². The molecule has 3 rings (SSSR count). The number of halogens is 1. The Bertz CT molecular complexity index is 503. The summed E-state index contributed by atoms with van der Waals surface area (Å²) in [5, 5.41) is 0. The number of para-hydroxylation sites is 1. The molecule has 4 heteroatoms. The third-order valence-electron chi connectivity index (χ3n) is 4.06. The molecule has 1 aromatic rings. The van der Waals surface area contributed by atoms with Crippen molar-refractivity contribution in [2.75, 3.05) is 12.0 Å². The summed E-state index contributed by atoms with van der Waals surface area (Å²) in [5.74, 6) is 1.35. The van der Waals surface area contributed by atoms with Crippen molar-refractivity contribution in [1.82, 2.24) is 0 Å². The SMILES string of the molecule is COc1cccc2c1N(C(C)=O)C1C(Br)CCC21. The Labute approximate surface area is 115 Å². The quantitative estimate of drug-likeness (QED) is 0.746. The van der Waals surface area contributed by atoms with E-state index in [1.807, 2.05) is 17.0 Å². The first kappa shape index (κ1) is 12.0. The number of methoxy groups -OCH3 is 1. The molecule has 0 aromatic heterocycles. The predicted octanol–water partition coefficient (Wildman–Crippen LogP) is 3.07. The fraction of sp³-hybridized carbons (Fsp3) is 0.500. The average Bonchev–Trinajstić information content (AvgIpc) is 2.87. The van der Waals surface area contributed by atoms with Crippen molar-refractivity contribution in [3.8, 4) is 5.75 Å². The Balaban J connectivity index is 2.18. The number of alkyl halides is 1.